The molecule has 1 unspecified atom stereocenters. The van der Waals surface area contributed by atoms with E-state index >= 15 is 0 Å². The largest absolute Gasteiger partial charge is 0.377 e. The van der Waals surface area contributed by atoms with Crippen molar-refractivity contribution < 1.29 is 14.3 Å². The number of nitrogens with zero attached hydrogens (tertiary/aromatic N) is 1. The molecule has 1 saturated heterocycles. The van der Waals surface area contributed by atoms with E-state index in [2.05, 4.69) is 5.32 Å². The second-order valence-electron chi connectivity index (χ2n) is 5.69. The molecule has 0 bridgehead atoms. The van der Waals surface area contributed by atoms with Crippen molar-refractivity contribution in [1.82, 2.24) is 10.2 Å². The molecule has 0 saturated carbocycles. The van der Waals surface area contributed by atoms with Crippen LogP contribution in [0, 0.1) is 0 Å². The van der Waals surface area contributed by atoms with Gasteiger partial charge in [0.25, 0.3) is 0 Å². The zero-order chi connectivity index (χ0) is 13.4. The van der Waals surface area contributed by atoms with E-state index in [1.54, 1.807) is 32.8 Å². The fraction of sp³-hybridized carbons (Fsp3) is 0.833. The molecule has 0 aromatic rings. The highest BCUT2D eigenvalue weighted by Crippen LogP contribution is 2.21. The van der Waals surface area contributed by atoms with Crippen LogP contribution in [0.5, 0.6) is 0 Å². The van der Waals surface area contributed by atoms with Gasteiger partial charge in [0.1, 0.15) is 11.6 Å². The molecular formula is C12H22N2O3. The quantitative estimate of drug-likeness (QED) is 0.785. The summed E-state index contributed by atoms with van der Waals surface area (Å²) in [6.07, 6.45) is 0. The lowest BCUT2D eigenvalue weighted by atomic mass is 9.95. The Hall–Kier alpha value is -1.10. The lowest BCUT2D eigenvalue weighted by molar-refractivity contribution is -0.156. The second kappa shape index (κ2) is 4.29. The van der Waals surface area contributed by atoms with Crippen molar-refractivity contribution in [2.24, 2.45) is 0 Å². The van der Waals surface area contributed by atoms with Gasteiger partial charge in [0, 0.05) is 7.11 Å². The molecular weight excluding hydrogens is 220 g/mol. The maximum atomic E-state index is 12.3. The number of methoxy groups -OCH3 is 1. The number of piperazine rings is 1. The fourth-order valence-electron chi connectivity index (χ4n) is 1.83. The number of carbonyl (C=O) groups excluding carboxylic acids is 2. The lowest BCUT2D eigenvalue weighted by Gasteiger charge is -2.44. The number of hydrogen-bond acceptors (Lipinski definition) is 3. The summed E-state index contributed by atoms with van der Waals surface area (Å²) in [7, 11) is 1.60. The standard InChI is InChI=1S/C12H22N2O3/c1-8-9(15)13-12(4,5)10(16)14(8)7-11(2,3)17-6/h8H,7H2,1-6H3,(H,13,15). The van der Waals surface area contributed by atoms with Crippen LogP contribution >= 0.6 is 0 Å². The van der Waals surface area contributed by atoms with Gasteiger partial charge in [-0.3, -0.25) is 9.59 Å². The van der Waals surface area contributed by atoms with E-state index in [0.717, 1.165) is 0 Å². The maximum Gasteiger partial charge on any atom is 0.248 e. The molecule has 5 heteroatoms. The number of amides is 2. The van der Waals surface area contributed by atoms with Crippen molar-refractivity contribution in [1.29, 1.82) is 0 Å². The van der Waals surface area contributed by atoms with Crippen LogP contribution in [-0.4, -0.2) is 47.6 Å². The number of ether oxygens (including phenoxy) is 1. The summed E-state index contributed by atoms with van der Waals surface area (Å²) in [4.78, 5) is 25.6. The van der Waals surface area contributed by atoms with E-state index in [1.165, 1.54) is 0 Å². The Morgan fingerprint density at radius 1 is 1.41 bits per heavy atom. The third kappa shape index (κ3) is 2.77. The minimum absolute atomic E-state index is 0.0743. The Kier molecular flexibility index (Phi) is 3.52. The van der Waals surface area contributed by atoms with Crippen LogP contribution in [0.15, 0.2) is 0 Å². The average Bonchev–Trinajstić information content (AvgIpc) is 2.21. The molecule has 1 heterocycles. The van der Waals surface area contributed by atoms with Crippen molar-refractivity contribution in [2.45, 2.75) is 51.8 Å². The SMILES string of the molecule is COC(C)(C)CN1C(=O)C(C)(C)NC(=O)C1C. The summed E-state index contributed by atoms with van der Waals surface area (Å²) in [5.41, 5.74) is -1.30. The monoisotopic (exact) mass is 242 g/mol. The van der Waals surface area contributed by atoms with Gasteiger partial charge >= 0.3 is 0 Å². The van der Waals surface area contributed by atoms with Crippen molar-refractivity contribution in [3.05, 3.63) is 0 Å². The first-order valence-electron chi connectivity index (χ1n) is 5.79. The first-order valence-corrected chi connectivity index (χ1v) is 5.79. The van der Waals surface area contributed by atoms with Crippen LogP contribution in [0.3, 0.4) is 0 Å². The highest BCUT2D eigenvalue weighted by atomic mass is 16.5. The summed E-state index contributed by atoms with van der Waals surface area (Å²) < 4.78 is 5.31. The zero-order valence-corrected chi connectivity index (χ0v) is 11.5. The molecule has 98 valence electrons. The van der Waals surface area contributed by atoms with Gasteiger partial charge in [0.2, 0.25) is 11.8 Å². The zero-order valence-electron chi connectivity index (χ0n) is 11.5. The van der Waals surface area contributed by atoms with Gasteiger partial charge in [-0.25, -0.2) is 0 Å². The molecule has 1 N–H and O–H groups in total. The van der Waals surface area contributed by atoms with E-state index in [4.69, 9.17) is 4.74 Å². The fourth-order valence-corrected chi connectivity index (χ4v) is 1.83. The minimum atomic E-state index is -0.840. The number of nitrogens with one attached hydrogen (secondary N) is 1. The van der Waals surface area contributed by atoms with Crippen molar-refractivity contribution in [3.8, 4) is 0 Å². The highest BCUT2D eigenvalue weighted by molar-refractivity contribution is 5.99. The van der Waals surface area contributed by atoms with Crippen LogP contribution in [0.1, 0.15) is 34.6 Å². The summed E-state index contributed by atoms with van der Waals surface area (Å²) in [6, 6.07) is -0.454. The van der Waals surface area contributed by atoms with Crippen LogP contribution < -0.4 is 5.32 Å². The Morgan fingerprint density at radius 3 is 2.41 bits per heavy atom. The molecule has 17 heavy (non-hydrogen) atoms. The number of rotatable bonds is 3. The summed E-state index contributed by atoms with van der Waals surface area (Å²) >= 11 is 0. The summed E-state index contributed by atoms with van der Waals surface area (Å²) in [6.45, 7) is 9.35. The molecule has 0 radical (unpaired) electrons. The molecule has 2 amide bonds. The summed E-state index contributed by atoms with van der Waals surface area (Å²) in [5.74, 6) is -0.198. The smallest absolute Gasteiger partial charge is 0.248 e. The predicted molar refractivity (Wildman–Crippen MR) is 64.5 cm³/mol. The topological polar surface area (TPSA) is 58.6 Å². The molecule has 0 aromatic carbocycles. The second-order valence-corrected chi connectivity index (χ2v) is 5.69. The molecule has 1 fully saturated rings. The normalized spacial score (nSPS) is 24.8. The van der Waals surface area contributed by atoms with Crippen LogP contribution in [-0.2, 0) is 14.3 Å². The Balaban J connectivity index is 2.95. The lowest BCUT2D eigenvalue weighted by Crippen LogP contribution is -2.68. The van der Waals surface area contributed by atoms with E-state index in [9.17, 15) is 9.59 Å². The molecule has 0 aromatic heterocycles. The van der Waals surface area contributed by atoms with Crippen LogP contribution in [0.4, 0.5) is 0 Å². The predicted octanol–water partition coefficient (Wildman–Crippen LogP) is 0.537. The summed E-state index contributed by atoms with van der Waals surface area (Å²) in [5, 5.41) is 2.72. The Labute approximate surface area is 102 Å². The first-order chi connectivity index (χ1) is 7.60. The maximum absolute atomic E-state index is 12.3. The van der Waals surface area contributed by atoms with Gasteiger partial charge < -0.3 is 15.0 Å². The van der Waals surface area contributed by atoms with Gasteiger partial charge in [-0.15, -0.1) is 0 Å². The average molecular weight is 242 g/mol. The number of hydrogen-bond donors (Lipinski definition) is 1. The first kappa shape index (κ1) is 14.0. The van der Waals surface area contributed by atoms with Crippen LogP contribution in [0.25, 0.3) is 0 Å². The molecule has 5 nitrogen and oxygen atoms in total. The van der Waals surface area contributed by atoms with E-state index < -0.39 is 17.2 Å². The third-order valence-electron chi connectivity index (χ3n) is 3.18. The van der Waals surface area contributed by atoms with Crippen molar-refractivity contribution >= 4 is 11.8 Å². The van der Waals surface area contributed by atoms with E-state index in [0.29, 0.717) is 6.54 Å². The van der Waals surface area contributed by atoms with Gasteiger partial charge in [0.05, 0.1) is 12.1 Å². The van der Waals surface area contributed by atoms with Gasteiger partial charge in [-0.1, -0.05) is 0 Å². The number of carbonyl (C=O) groups is 2. The Bertz CT molecular complexity index is 337. The van der Waals surface area contributed by atoms with Gasteiger partial charge in [-0.05, 0) is 34.6 Å². The van der Waals surface area contributed by atoms with E-state index in [1.807, 2.05) is 13.8 Å². The molecule has 1 aliphatic rings. The molecule has 0 spiro atoms. The molecule has 1 rings (SSSR count). The molecule has 1 aliphatic heterocycles. The Morgan fingerprint density at radius 2 is 1.94 bits per heavy atom. The third-order valence-corrected chi connectivity index (χ3v) is 3.18. The molecule has 0 aliphatic carbocycles. The van der Waals surface area contributed by atoms with Crippen molar-refractivity contribution in [3.63, 3.8) is 0 Å². The van der Waals surface area contributed by atoms with Crippen LogP contribution in [0.2, 0.25) is 0 Å². The van der Waals surface area contributed by atoms with Crippen molar-refractivity contribution in [2.75, 3.05) is 13.7 Å². The van der Waals surface area contributed by atoms with E-state index in [-0.39, 0.29) is 11.8 Å². The minimum Gasteiger partial charge on any atom is -0.377 e. The molecule has 1 atom stereocenters. The van der Waals surface area contributed by atoms with Gasteiger partial charge in [-0.2, -0.15) is 0 Å². The highest BCUT2D eigenvalue weighted by Gasteiger charge is 2.44. The van der Waals surface area contributed by atoms with Gasteiger partial charge in [0.15, 0.2) is 0 Å².